The molecule has 7 nitrogen and oxygen atoms in total. The van der Waals surface area contributed by atoms with E-state index in [9.17, 15) is 9.59 Å². The molecule has 1 aromatic carbocycles. The second-order valence-corrected chi connectivity index (χ2v) is 7.53. The van der Waals surface area contributed by atoms with E-state index in [1.807, 2.05) is 19.9 Å². The molecule has 0 saturated carbocycles. The Morgan fingerprint density at radius 2 is 2.11 bits per heavy atom. The van der Waals surface area contributed by atoms with Crippen molar-refractivity contribution in [3.8, 4) is 0 Å². The molecule has 0 spiro atoms. The molecule has 1 aliphatic heterocycles. The quantitative estimate of drug-likeness (QED) is 0.765. The van der Waals surface area contributed by atoms with Crippen molar-refractivity contribution in [2.24, 2.45) is 0 Å². The number of benzene rings is 1. The van der Waals surface area contributed by atoms with Crippen LogP contribution in [0.15, 0.2) is 24.3 Å². The molecule has 1 fully saturated rings. The Balaban J connectivity index is 1.61. The number of nitrogens with one attached hydrogen (secondary N) is 2. The van der Waals surface area contributed by atoms with Crippen molar-refractivity contribution in [1.82, 2.24) is 9.78 Å². The molecule has 28 heavy (non-hydrogen) atoms. The van der Waals surface area contributed by atoms with E-state index >= 15 is 0 Å². The van der Waals surface area contributed by atoms with Gasteiger partial charge in [-0.3, -0.25) is 14.3 Å². The van der Waals surface area contributed by atoms with Crippen LogP contribution in [0, 0.1) is 13.8 Å². The molecule has 2 unspecified atom stereocenters. The Bertz CT molecular complexity index is 874. The van der Waals surface area contributed by atoms with Crippen molar-refractivity contribution >= 4 is 34.8 Å². The van der Waals surface area contributed by atoms with Crippen LogP contribution in [0.2, 0.25) is 5.02 Å². The third-order valence-corrected chi connectivity index (χ3v) is 5.05. The summed E-state index contributed by atoms with van der Waals surface area (Å²) in [7, 11) is 0. The summed E-state index contributed by atoms with van der Waals surface area (Å²) in [5.41, 5.74) is 2.84. The van der Waals surface area contributed by atoms with Crippen molar-refractivity contribution < 1.29 is 14.3 Å². The molecular weight excluding hydrogens is 380 g/mol. The van der Waals surface area contributed by atoms with Crippen molar-refractivity contribution in [3.05, 3.63) is 40.7 Å². The third kappa shape index (κ3) is 4.91. The predicted molar refractivity (Wildman–Crippen MR) is 109 cm³/mol. The highest BCUT2D eigenvalue weighted by Gasteiger charge is 2.20. The summed E-state index contributed by atoms with van der Waals surface area (Å²) in [5.74, 6) is -0.332. The largest absolute Gasteiger partial charge is 0.378 e. The van der Waals surface area contributed by atoms with Gasteiger partial charge in [-0.1, -0.05) is 11.6 Å². The van der Waals surface area contributed by atoms with Gasteiger partial charge in [-0.15, -0.1) is 0 Å². The lowest BCUT2D eigenvalue weighted by Gasteiger charge is -2.16. The normalized spacial score (nSPS) is 17.4. The molecule has 1 saturated heterocycles. The predicted octanol–water partition coefficient (Wildman–Crippen LogP) is 3.86. The number of halogens is 1. The van der Waals surface area contributed by atoms with Gasteiger partial charge in [0.2, 0.25) is 11.8 Å². The van der Waals surface area contributed by atoms with Gasteiger partial charge >= 0.3 is 0 Å². The van der Waals surface area contributed by atoms with Gasteiger partial charge in [-0.05, 0) is 57.9 Å². The minimum absolute atomic E-state index is 0.00934. The van der Waals surface area contributed by atoms with E-state index in [4.69, 9.17) is 16.3 Å². The number of carbonyl (C=O) groups excluding carboxylic acids is 2. The first-order chi connectivity index (χ1) is 13.3. The number of ether oxygens (including phenoxy) is 1. The average Bonchev–Trinajstić information content (AvgIpc) is 3.25. The summed E-state index contributed by atoms with van der Waals surface area (Å²) >= 11 is 6.30. The molecule has 2 N–H and O–H groups in total. The number of hydrogen-bond acceptors (Lipinski definition) is 4. The molecule has 0 radical (unpaired) electrons. The lowest BCUT2D eigenvalue weighted by molar-refractivity contribution is -0.119. The van der Waals surface area contributed by atoms with Gasteiger partial charge in [-0.2, -0.15) is 5.10 Å². The summed E-state index contributed by atoms with van der Waals surface area (Å²) in [6, 6.07) is 6.46. The topological polar surface area (TPSA) is 85.2 Å². The van der Waals surface area contributed by atoms with E-state index in [0.29, 0.717) is 29.4 Å². The highest BCUT2D eigenvalue weighted by molar-refractivity contribution is 6.34. The van der Waals surface area contributed by atoms with E-state index < -0.39 is 6.04 Å². The standard InChI is InChI=1S/C20H25ClN4O3/c1-12-9-13(2)25(24-12)14(3)20(27)23-18-7-6-15(10-17(18)21)22-19(26)11-16-5-4-8-28-16/h6-7,9-10,14,16H,4-5,8,11H2,1-3H3,(H,22,26)(H,23,27). The first kappa shape index (κ1) is 20.4. The molecule has 1 aromatic heterocycles. The van der Waals surface area contributed by atoms with Gasteiger partial charge in [0.15, 0.2) is 0 Å². The Morgan fingerprint density at radius 3 is 2.71 bits per heavy atom. The number of rotatable bonds is 6. The Morgan fingerprint density at radius 1 is 1.32 bits per heavy atom. The fourth-order valence-electron chi connectivity index (χ4n) is 3.30. The lowest BCUT2D eigenvalue weighted by Crippen LogP contribution is -2.25. The SMILES string of the molecule is Cc1cc(C)n(C(C)C(=O)Nc2ccc(NC(=O)CC3CCCO3)cc2Cl)n1. The first-order valence-corrected chi connectivity index (χ1v) is 9.76. The van der Waals surface area contributed by atoms with Crippen LogP contribution < -0.4 is 10.6 Å². The van der Waals surface area contributed by atoms with Crippen molar-refractivity contribution in [2.45, 2.75) is 52.2 Å². The number of carbonyl (C=O) groups is 2. The van der Waals surface area contributed by atoms with Gasteiger partial charge < -0.3 is 15.4 Å². The van der Waals surface area contributed by atoms with Gasteiger partial charge in [0.1, 0.15) is 6.04 Å². The van der Waals surface area contributed by atoms with E-state index in [-0.39, 0.29) is 17.9 Å². The van der Waals surface area contributed by atoms with Crippen LogP contribution in [0.3, 0.4) is 0 Å². The number of aromatic nitrogens is 2. The molecule has 2 amide bonds. The van der Waals surface area contributed by atoms with E-state index in [1.165, 1.54) is 0 Å². The number of hydrogen-bond donors (Lipinski definition) is 2. The summed E-state index contributed by atoms with van der Waals surface area (Å²) in [5, 5.41) is 10.3. The molecule has 2 aromatic rings. The second-order valence-electron chi connectivity index (χ2n) is 7.12. The van der Waals surface area contributed by atoms with Gasteiger partial charge in [0.25, 0.3) is 0 Å². The van der Waals surface area contributed by atoms with Gasteiger partial charge in [-0.25, -0.2) is 0 Å². The minimum Gasteiger partial charge on any atom is -0.378 e. The van der Waals surface area contributed by atoms with E-state index in [2.05, 4.69) is 15.7 Å². The molecule has 2 heterocycles. The molecule has 150 valence electrons. The monoisotopic (exact) mass is 404 g/mol. The molecule has 0 bridgehead atoms. The highest BCUT2D eigenvalue weighted by Crippen LogP contribution is 2.27. The fraction of sp³-hybridized carbons (Fsp3) is 0.450. The van der Waals surface area contributed by atoms with Crippen LogP contribution in [0.5, 0.6) is 0 Å². The second kappa shape index (κ2) is 8.75. The minimum atomic E-state index is -0.476. The molecule has 2 atom stereocenters. The van der Waals surface area contributed by atoms with Crippen LogP contribution >= 0.6 is 11.6 Å². The Kier molecular flexibility index (Phi) is 6.36. The molecule has 3 rings (SSSR count). The lowest BCUT2D eigenvalue weighted by atomic mass is 10.1. The highest BCUT2D eigenvalue weighted by atomic mass is 35.5. The van der Waals surface area contributed by atoms with Crippen LogP contribution in [0.4, 0.5) is 11.4 Å². The van der Waals surface area contributed by atoms with Crippen molar-refractivity contribution in [1.29, 1.82) is 0 Å². The van der Waals surface area contributed by atoms with E-state index in [0.717, 1.165) is 24.2 Å². The fourth-order valence-corrected chi connectivity index (χ4v) is 3.53. The van der Waals surface area contributed by atoms with Crippen molar-refractivity contribution in [2.75, 3.05) is 17.2 Å². The molecule has 0 aliphatic carbocycles. The summed E-state index contributed by atoms with van der Waals surface area (Å²) < 4.78 is 7.15. The maximum atomic E-state index is 12.6. The van der Waals surface area contributed by atoms with Crippen molar-refractivity contribution in [3.63, 3.8) is 0 Å². The third-order valence-electron chi connectivity index (χ3n) is 4.74. The van der Waals surface area contributed by atoms with Gasteiger partial charge in [0.05, 0.1) is 28.9 Å². The van der Waals surface area contributed by atoms with Crippen LogP contribution in [-0.4, -0.2) is 34.3 Å². The first-order valence-electron chi connectivity index (χ1n) is 9.38. The number of amides is 2. The molecular formula is C20H25ClN4O3. The van der Waals surface area contributed by atoms with Gasteiger partial charge in [0, 0.05) is 18.0 Å². The number of anilines is 2. The van der Waals surface area contributed by atoms with E-state index in [1.54, 1.807) is 29.8 Å². The molecule has 1 aliphatic rings. The average molecular weight is 405 g/mol. The zero-order chi connectivity index (χ0) is 20.3. The number of nitrogens with zero attached hydrogens (tertiary/aromatic N) is 2. The summed E-state index contributed by atoms with van der Waals surface area (Å²) in [4.78, 5) is 24.7. The number of aryl methyl sites for hydroxylation is 2. The smallest absolute Gasteiger partial charge is 0.248 e. The van der Waals surface area contributed by atoms with Crippen LogP contribution in [-0.2, 0) is 14.3 Å². The Hall–Kier alpha value is -2.38. The maximum absolute atomic E-state index is 12.6. The zero-order valence-corrected chi connectivity index (χ0v) is 17.0. The Labute approximate surface area is 169 Å². The van der Waals surface area contributed by atoms with Crippen LogP contribution in [0.25, 0.3) is 0 Å². The zero-order valence-electron chi connectivity index (χ0n) is 16.3. The summed E-state index contributed by atoms with van der Waals surface area (Å²) in [6.45, 7) is 6.29. The molecule has 8 heteroatoms. The van der Waals surface area contributed by atoms with Crippen LogP contribution in [0.1, 0.15) is 43.6 Å². The maximum Gasteiger partial charge on any atom is 0.248 e. The summed E-state index contributed by atoms with van der Waals surface area (Å²) in [6.07, 6.45) is 2.22.